The van der Waals surface area contributed by atoms with Crippen molar-refractivity contribution >= 4 is 28.6 Å². The summed E-state index contributed by atoms with van der Waals surface area (Å²) < 4.78 is 0. The van der Waals surface area contributed by atoms with Gasteiger partial charge in [0.1, 0.15) is 10.7 Å². The molecule has 4 nitrogen and oxygen atoms in total. The Kier molecular flexibility index (Phi) is 3.72. The Morgan fingerprint density at radius 3 is 2.87 bits per heavy atom. The monoisotopic (exact) mass is 341 g/mol. The molecule has 116 valence electrons. The van der Waals surface area contributed by atoms with Crippen molar-refractivity contribution in [2.24, 2.45) is 5.73 Å². The molecule has 2 heterocycles. The zero-order valence-corrected chi connectivity index (χ0v) is 13.9. The fourth-order valence-corrected chi connectivity index (χ4v) is 4.51. The fourth-order valence-electron chi connectivity index (χ4n) is 2.90. The van der Waals surface area contributed by atoms with Crippen molar-refractivity contribution in [1.29, 1.82) is 0 Å². The van der Waals surface area contributed by atoms with Crippen LogP contribution in [0.25, 0.3) is 9.88 Å². The molecule has 1 aromatic carbocycles. The van der Waals surface area contributed by atoms with Crippen LogP contribution in [0.15, 0.2) is 47.2 Å². The van der Waals surface area contributed by atoms with E-state index in [1.807, 2.05) is 35.7 Å². The Morgan fingerprint density at radius 2 is 2.09 bits per heavy atom. The van der Waals surface area contributed by atoms with Gasteiger partial charge in [0.05, 0.1) is 17.0 Å². The van der Waals surface area contributed by atoms with Crippen LogP contribution in [0.3, 0.4) is 0 Å². The maximum Gasteiger partial charge on any atom is 0.271 e. The zero-order chi connectivity index (χ0) is 15.8. The molecular weight excluding hydrogens is 326 g/mol. The number of amides is 1. The second kappa shape index (κ2) is 5.88. The molecular formula is C17H15N3OS2. The molecule has 4 rings (SSSR count). The van der Waals surface area contributed by atoms with Crippen molar-refractivity contribution in [2.75, 3.05) is 0 Å². The first-order valence-electron chi connectivity index (χ1n) is 7.36. The maximum absolute atomic E-state index is 12.5. The van der Waals surface area contributed by atoms with Crippen LogP contribution < -0.4 is 11.1 Å². The van der Waals surface area contributed by atoms with Gasteiger partial charge >= 0.3 is 0 Å². The lowest BCUT2D eigenvalue weighted by Crippen LogP contribution is -2.40. The minimum Gasteiger partial charge on any atom is -0.346 e. The van der Waals surface area contributed by atoms with Gasteiger partial charge in [-0.05, 0) is 29.0 Å². The third-order valence-electron chi connectivity index (χ3n) is 4.07. The van der Waals surface area contributed by atoms with Crippen LogP contribution in [0.2, 0.25) is 0 Å². The van der Waals surface area contributed by atoms with Crippen molar-refractivity contribution in [2.45, 2.75) is 18.5 Å². The van der Waals surface area contributed by atoms with Crippen molar-refractivity contribution in [3.05, 3.63) is 64.0 Å². The third kappa shape index (κ3) is 2.69. The highest BCUT2D eigenvalue weighted by molar-refractivity contribution is 7.20. The Balaban J connectivity index is 1.49. The van der Waals surface area contributed by atoms with Crippen LogP contribution in [0.4, 0.5) is 0 Å². The highest BCUT2D eigenvalue weighted by Gasteiger charge is 2.31. The van der Waals surface area contributed by atoms with Gasteiger partial charge in [-0.2, -0.15) is 0 Å². The molecule has 6 heteroatoms. The van der Waals surface area contributed by atoms with Crippen molar-refractivity contribution < 1.29 is 4.79 Å². The van der Waals surface area contributed by atoms with E-state index in [0.717, 1.165) is 21.9 Å². The number of hydrogen-bond donors (Lipinski definition) is 2. The summed E-state index contributed by atoms with van der Waals surface area (Å²) in [4.78, 5) is 18.0. The summed E-state index contributed by atoms with van der Waals surface area (Å²) in [5.74, 6) is -0.155. The molecule has 23 heavy (non-hydrogen) atoms. The first-order valence-corrected chi connectivity index (χ1v) is 9.12. The fraction of sp³-hybridized carbons (Fsp3) is 0.176. The largest absolute Gasteiger partial charge is 0.346 e. The summed E-state index contributed by atoms with van der Waals surface area (Å²) >= 11 is 3.11. The number of hydrogen-bond acceptors (Lipinski definition) is 5. The molecule has 2 aromatic heterocycles. The van der Waals surface area contributed by atoms with Gasteiger partial charge in [0.2, 0.25) is 0 Å². The number of nitrogens with one attached hydrogen (secondary N) is 1. The number of thiazole rings is 1. The highest BCUT2D eigenvalue weighted by atomic mass is 32.1. The highest BCUT2D eigenvalue weighted by Crippen LogP contribution is 2.30. The molecule has 0 fully saturated rings. The van der Waals surface area contributed by atoms with Gasteiger partial charge in [0.25, 0.3) is 5.91 Å². The molecule has 1 amide bonds. The second-order valence-corrected chi connectivity index (χ2v) is 7.33. The number of aromatic nitrogens is 1. The van der Waals surface area contributed by atoms with Crippen LogP contribution in [0.1, 0.15) is 27.7 Å². The number of benzene rings is 1. The van der Waals surface area contributed by atoms with Crippen LogP contribution >= 0.6 is 22.7 Å². The van der Waals surface area contributed by atoms with E-state index in [1.54, 1.807) is 16.7 Å². The van der Waals surface area contributed by atoms with E-state index in [2.05, 4.69) is 16.4 Å². The summed E-state index contributed by atoms with van der Waals surface area (Å²) in [5.41, 5.74) is 9.06. The predicted octanol–water partition coefficient (Wildman–Crippen LogP) is 3.23. The molecule has 0 aliphatic heterocycles. The van der Waals surface area contributed by atoms with Gasteiger partial charge in [-0.1, -0.05) is 30.3 Å². The lowest BCUT2D eigenvalue weighted by molar-refractivity contribution is 0.0929. The average Bonchev–Trinajstić information content (AvgIpc) is 3.28. The van der Waals surface area contributed by atoms with E-state index in [-0.39, 0.29) is 18.0 Å². The van der Waals surface area contributed by atoms with Gasteiger partial charge in [-0.3, -0.25) is 4.79 Å². The Labute approximate surface area is 142 Å². The Bertz CT molecular complexity index is 841. The average molecular weight is 341 g/mol. The summed E-state index contributed by atoms with van der Waals surface area (Å²) in [7, 11) is 0. The smallest absolute Gasteiger partial charge is 0.271 e. The predicted molar refractivity (Wildman–Crippen MR) is 93.8 cm³/mol. The van der Waals surface area contributed by atoms with E-state index in [0.29, 0.717) is 5.69 Å². The van der Waals surface area contributed by atoms with Crippen molar-refractivity contribution in [3.8, 4) is 9.88 Å². The molecule has 0 saturated heterocycles. The summed E-state index contributed by atoms with van der Waals surface area (Å²) in [5, 5.41) is 7.72. The number of nitrogens with zero attached hydrogens (tertiary/aromatic N) is 1. The van der Waals surface area contributed by atoms with E-state index in [1.165, 1.54) is 16.9 Å². The topological polar surface area (TPSA) is 68.0 Å². The number of fused-ring (bicyclic) bond motifs is 1. The molecule has 0 unspecified atom stereocenters. The van der Waals surface area contributed by atoms with Gasteiger partial charge < -0.3 is 11.1 Å². The van der Waals surface area contributed by atoms with Crippen molar-refractivity contribution in [3.63, 3.8) is 0 Å². The van der Waals surface area contributed by atoms with Crippen LogP contribution in [-0.2, 0) is 6.42 Å². The van der Waals surface area contributed by atoms with E-state index < -0.39 is 0 Å². The summed E-state index contributed by atoms with van der Waals surface area (Å²) in [6, 6.07) is 11.8. The molecule has 2 atom stereocenters. The molecule has 1 aliphatic rings. The van der Waals surface area contributed by atoms with Crippen LogP contribution in [-0.4, -0.2) is 16.9 Å². The molecule has 3 N–H and O–H groups in total. The molecule has 0 saturated carbocycles. The number of thiophene rings is 1. The first kappa shape index (κ1) is 14.6. The maximum atomic E-state index is 12.5. The van der Waals surface area contributed by atoms with Crippen LogP contribution in [0, 0.1) is 0 Å². The Morgan fingerprint density at radius 1 is 1.22 bits per heavy atom. The number of nitrogens with two attached hydrogens (primary N) is 1. The van der Waals surface area contributed by atoms with E-state index in [4.69, 9.17) is 5.73 Å². The van der Waals surface area contributed by atoms with Crippen LogP contribution in [0.5, 0.6) is 0 Å². The zero-order valence-electron chi connectivity index (χ0n) is 12.2. The molecule has 0 spiro atoms. The van der Waals surface area contributed by atoms with Gasteiger partial charge in [0.15, 0.2) is 0 Å². The number of rotatable bonds is 3. The van der Waals surface area contributed by atoms with Gasteiger partial charge in [-0.15, -0.1) is 22.7 Å². The molecule has 0 radical (unpaired) electrons. The molecule has 1 aliphatic carbocycles. The summed E-state index contributed by atoms with van der Waals surface area (Å²) in [6.45, 7) is 0. The van der Waals surface area contributed by atoms with E-state index in [9.17, 15) is 4.79 Å². The second-order valence-electron chi connectivity index (χ2n) is 5.52. The Hall–Kier alpha value is -2.02. The third-order valence-corrected chi connectivity index (χ3v) is 5.95. The minimum absolute atomic E-state index is 0.0770. The number of carbonyl (C=O) groups excluding carboxylic acids is 1. The quantitative estimate of drug-likeness (QED) is 0.768. The first-order chi connectivity index (χ1) is 11.2. The van der Waals surface area contributed by atoms with Crippen molar-refractivity contribution in [1.82, 2.24) is 10.3 Å². The van der Waals surface area contributed by atoms with Gasteiger partial charge in [-0.25, -0.2) is 4.98 Å². The molecule has 3 aromatic rings. The van der Waals surface area contributed by atoms with E-state index >= 15 is 0 Å². The number of carbonyl (C=O) groups is 1. The standard InChI is InChI=1S/C17H15N3OS2/c18-15-11-5-2-1-4-10(11)8-12(15)19-16(21)13-9-23-17(20-13)14-6-3-7-22-14/h1-7,9,12,15H,8,18H2,(H,19,21)/t12-,15-/m0/s1. The lowest BCUT2D eigenvalue weighted by atomic mass is 10.1. The lowest BCUT2D eigenvalue weighted by Gasteiger charge is -2.17. The summed E-state index contributed by atoms with van der Waals surface area (Å²) in [6.07, 6.45) is 0.769. The normalized spacial score (nSPS) is 19.5. The SMILES string of the molecule is N[C@H]1c2ccccc2C[C@@H]1NC(=O)c1csc(-c2cccs2)n1. The van der Waals surface area contributed by atoms with Gasteiger partial charge in [0, 0.05) is 5.38 Å². The minimum atomic E-state index is -0.162. The molecule has 0 bridgehead atoms.